The van der Waals surface area contributed by atoms with E-state index in [1.165, 1.54) is 21.6 Å². The summed E-state index contributed by atoms with van der Waals surface area (Å²) in [7, 11) is 2.99. The van der Waals surface area contributed by atoms with E-state index in [0.717, 1.165) is 11.1 Å². The molecule has 0 saturated carbocycles. The Morgan fingerprint density at radius 2 is 0.963 bits per heavy atom. The Balaban J connectivity index is -0.000000529. The molecule has 0 aromatic heterocycles. The molecule has 6 N–H and O–H groups in total. The summed E-state index contributed by atoms with van der Waals surface area (Å²) in [6.45, 7) is 0. The molecule has 0 spiro atoms. The largest absolute Gasteiger partial charge is 1.00 e. The Hall–Kier alpha value is 1.24. The molecule has 0 radical (unpaired) electrons. The fraction of sp³-hybridized carbons (Fsp3) is 0.143. The van der Waals surface area contributed by atoms with E-state index in [-0.39, 0.29) is 75.5 Å². The van der Waals surface area contributed by atoms with Crippen molar-refractivity contribution >= 4 is 43.7 Å². The molecule has 0 amide bonds. The van der Waals surface area contributed by atoms with Crippen LogP contribution in [0, 0.1) is 0 Å². The molecule has 0 aliphatic rings. The van der Waals surface area contributed by atoms with Gasteiger partial charge in [0.15, 0.2) is 0 Å². The topological polar surface area (TPSA) is 175 Å². The van der Waals surface area contributed by atoms with Crippen molar-refractivity contribution in [1.82, 2.24) is 0 Å². The van der Waals surface area contributed by atoms with Gasteiger partial charge in [-0.05, 0) is 45.4 Å². The van der Waals surface area contributed by atoms with Gasteiger partial charge in [0, 0.05) is 21.3 Å². The first-order valence-corrected chi connectivity index (χ1v) is 10.8. The normalized spacial score (nSPS) is 11.2. The van der Waals surface area contributed by atoms with E-state index in [1.54, 1.807) is 48.5 Å². The molecule has 0 aliphatic carbocycles. The van der Waals surface area contributed by atoms with Gasteiger partial charge in [-0.15, -0.1) is 0 Å². The summed E-state index contributed by atoms with van der Waals surface area (Å²) in [6.07, 6.45) is 0. The van der Waals surface area contributed by atoms with Crippen LogP contribution in [0.5, 0.6) is 0 Å². The molecule has 2 aromatic carbocycles. The summed E-state index contributed by atoms with van der Waals surface area (Å²) in [5.41, 5.74) is 1.49. The first kappa shape index (κ1) is 35.7. The molecular formula is C14H18Na2O7S4. The van der Waals surface area contributed by atoms with Crippen LogP contribution in [0.25, 0.3) is 0 Å². The van der Waals surface area contributed by atoms with Crippen LogP contribution >= 0.6 is 21.6 Å². The van der Waals surface area contributed by atoms with E-state index >= 15 is 0 Å². The molecule has 2 aromatic rings. The molecule has 0 saturated heterocycles. The van der Waals surface area contributed by atoms with Crippen LogP contribution < -0.4 is 59.1 Å². The zero-order chi connectivity index (χ0) is 15.9. The van der Waals surface area contributed by atoms with Crippen molar-refractivity contribution in [3.63, 3.8) is 0 Å². The zero-order valence-corrected chi connectivity index (χ0v) is 22.1. The molecular weight excluding hydrogens is 454 g/mol. The molecule has 27 heavy (non-hydrogen) atoms. The molecule has 0 bridgehead atoms. The third-order valence-electron chi connectivity index (χ3n) is 2.82. The Morgan fingerprint density at radius 1 is 0.667 bits per heavy atom. The van der Waals surface area contributed by atoms with E-state index in [4.69, 9.17) is 0 Å². The van der Waals surface area contributed by atoms with Gasteiger partial charge in [-0.1, -0.05) is 58.0 Å². The second-order valence-electron chi connectivity index (χ2n) is 4.21. The quantitative estimate of drug-likeness (QED) is 0.168. The average Bonchev–Trinajstić information content (AvgIpc) is 2.52. The second-order valence-corrected chi connectivity index (χ2v) is 8.49. The maximum Gasteiger partial charge on any atom is 1.00 e. The van der Waals surface area contributed by atoms with Gasteiger partial charge >= 0.3 is 59.1 Å². The van der Waals surface area contributed by atoms with E-state index in [2.05, 4.69) is 0 Å². The van der Waals surface area contributed by atoms with Gasteiger partial charge in [0.2, 0.25) is 0 Å². The fourth-order valence-corrected chi connectivity index (χ4v) is 5.24. The van der Waals surface area contributed by atoms with Crippen molar-refractivity contribution in [2.24, 2.45) is 0 Å². The Kier molecular flexibility index (Phi) is 25.4. The molecule has 13 heteroatoms. The monoisotopic (exact) mass is 472 g/mol. The van der Waals surface area contributed by atoms with E-state index < -0.39 is 22.2 Å². The summed E-state index contributed by atoms with van der Waals surface area (Å²) >= 11 is -4.49. The number of rotatable bonds is 7. The Morgan fingerprint density at radius 3 is 1.26 bits per heavy atom. The first-order valence-electron chi connectivity index (χ1n) is 6.18. The van der Waals surface area contributed by atoms with Crippen molar-refractivity contribution < 1.29 is 93.1 Å². The van der Waals surface area contributed by atoms with Gasteiger partial charge in [0.25, 0.3) is 0 Å². The average molecular weight is 473 g/mol. The smallest absolute Gasteiger partial charge is 0.768 e. The first-order chi connectivity index (χ1) is 10.6. The van der Waals surface area contributed by atoms with Crippen molar-refractivity contribution in [3.05, 3.63) is 59.7 Å². The summed E-state index contributed by atoms with van der Waals surface area (Å²) in [5, 5.41) is 0. The molecule has 2 unspecified atom stereocenters. The Labute approximate surface area is 215 Å². The summed E-state index contributed by atoms with van der Waals surface area (Å²) in [5.74, 6) is 1.08. The van der Waals surface area contributed by atoms with Gasteiger partial charge in [0.1, 0.15) is 0 Å². The van der Waals surface area contributed by atoms with Gasteiger partial charge < -0.3 is 25.5 Å². The molecule has 142 valence electrons. The molecule has 2 rings (SSSR count). The van der Waals surface area contributed by atoms with Crippen LogP contribution in [0.4, 0.5) is 0 Å². The van der Waals surface area contributed by atoms with E-state index in [9.17, 15) is 17.5 Å². The van der Waals surface area contributed by atoms with Gasteiger partial charge in [-0.25, -0.2) is 0 Å². The van der Waals surface area contributed by atoms with Crippen LogP contribution in [0.2, 0.25) is 0 Å². The van der Waals surface area contributed by atoms with Crippen LogP contribution in [0.1, 0.15) is 11.1 Å². The van der Waals surface area contributed by atoms with Crippen molar-refractivity contribution in [2.45, 2.75) is 21.3 Å². The van der Waals surface area contributed by atoms with Gasteiger partial charge in [-0.2, -0.15) is 0 Å². The third-order valence-corrected chi connectivity index (χ3v) is 6.56. The fourth-order valence-electron chi connectivity index (χ4n) is 1.78. The van der Waals surface area contributed by atoms with Crippen molar-refractivity contribution in [2.75, 3.05) is 0 Å². The molecule has 7 nitrogen and oxygen atoms in total. The van der Waals surface area contributed by atoms with Gasteiger partial charge in [-0.3, -0.25) is 8.42 Å². The van der Waals surface area contributed by atoms with Crippen LogP contribution in [0.15, 0.2) is 58.3 Å². The third kappa shape index (κ3) is 11.9. The minimum Gasteiger partial charge on any atom is -0.768 e. The molecule has 0 heterocycles. The summed E-state index contributed by atoms with van der Waals surface area (Å²) in [6, 6.07) is 13.7. The summed E-state index contributed by atoms with van der Waals surface area (Å²) in [4.78, 5) is 0.605. The maximum atomic E-state index is 11.1. The summed E-state index contributed by atoms with van der Waals surface area (Å²) < 4.78 is 44.4. The molecule has 2 atom stereocenters. The van der Waals surface area contributed by atoms with E-state index in [1.807, 2.05) is 0 Å². The minimum absolute atomic E-state index is 0. The number of benzene rings is 2. The van der Waals surface area contributed by atoms with Crippen molar-refractivity contribution in [3.8, 4) is 0 Å². The van der Waals surface area contributed by atoms with Crippen molar-refractivity contribution in [1.29, 1.82) is 0 Å². The van der Waals surface area contributed by atoms with E-state index in [0.29, 0.717) is 21.3 Å². The maximum absolute atomic E-state index is 11.1. The Bertz CT molecular complexity index is 647. The molecule has 0 fully saturated rings. The number of hydrogen-bond acceptors (Lipinski definition) is 6. The SMILES string of the molecule is O.O.O.O=S([O-])c1ccccc1CSSCc1ccccc1S(=O)[O-].[Na+].[Na+]. The molecule has 0 aliphatic heterocycles. The van der Waals surface area contributed by atoms with Gasteiger partial charge in [0.05, 0.1) is 0 Å². The van der Waals surface area contributed by atoms with Crippen LogP contribution in [-0.4, -0.2) is 34.0 Å². The minimum atomic E-state index is -2.25. The van der Waals surface area contributed by atoms with Crippen LogP contribution in [-0.2, 0) is 33.7 Å². The zero-order valence-electron chi connectivity index (χ0n) is 14.8. The number of hydrogen-bond donors (Lipinski definition) is 0. The predicted molar refractivity (Wildman–Crippen MR) is 101 cm³/mol. The standard InChI is InChI=1S/C14H14O4S4.2Na.3H2O/c15-21(16)13-7-3-1-5-11(13)9-19-20-10-12-6-2-4-8-14(12)22(17)18;;;;;/h1-8H,9-10H2,(H,15,16)(H,17,18);;;3*1H2/q;2*+1;;;/p-2. The van der Waals surface area contributed by atoms with Crippen LogP contribution in [0.3, 0.4) is 0 Å². The second kappa shape index (κ2) is 19.2. The predicted octanol–water partition coefficient (Wildman–Crippen LogP) is -5.22.